The maximum Gasteiger partial charge on any atom is 0.144 e. The first-order chi connectivity index (χ1) is 3.83. The first kappa shape index (κ1) is 5.58. The molecule has 0 aromatic rings. The monoisotopic (exact) mass is 111 g/mol. The molecule has 1 heterocycles. The van der Waals surface area contributed by atoms with Crippen molar-refractivity contribution in [2.24, 2.45) is 0 Å². The summed E-state index contributed by atoms with van der Waals surface area (Å²) >= 11 is 0. The molecule has 2 atom stereocenters. The average molecular weight is 111 g/mol. The molecule has 0 saturated carbocycles. The number of ether oxygens (including phenoxy) is 1. The Morgan fingerprint density at radius 3 is 2.62 bits per heavy atom. The van der Waals surface area contributed by atoms with Gasteiger partial charge in [-0.25, -0.2) is 0 Å². The Hall–Kier alpha value is -0.550. The Bertz CT molecular complexity index is 116. The molecule has 8 heavy (non-hydrogen) atoms. The zero-order chi connectivity index (χ0) is 5.98. The number of rotatable bonds is 0. The molecule has 1 saturated heterocycles. The second-order valence-electron chi connectivity index (χ2n) is 2.14. The summed E-state index contributed by atoms with van der Waals surface area (Å²) in [4.78, 5) is 0. The minimum absolute atomic E-state index is 0.120. The van der Waals surface area contributed by atoms with Crippen molar-refractivity contribution in [1.29, 1.82) is 5.26 Å². The van der Waals surface area contributed by atoms with Gasteiger partial charge in [-0.15, -0.1) is 0 Å². The van der Waals surface area contributed by atoms with Gasteiger partial charge in [0.2, 0.25) is 0 Å². The van der Waals surface area contributed by atoms with E-state index < -0.39 is 0 Å². The molecule has 0 aromatic heterocycles. The quantitative estimate of drug-likeness (QED) is 0.468. The molecule has 0 aliphatic carbocycles. The van der Waals surface area contributed by atoms with Crippen LogP contribution in [0.4, 0.5) is 0 Å². The molecule has 0 unspecified atom stereocenters. The highest BCUT2D eigenvalue weighted by molar-refractivity contribution is 4.88. The normalized spacial score (nSPS) is 37.0. The third-order valence-electron chi connectivity index (χ3n) is 1.38. The molecule has 0 N–H and O–H groups in total. The smallest absolute Gasteiger partial charge is 0.144 e. The highest BCUT2D eigenvalue weighted by Crippen LogP contribution is 2.17. The van der Waals surface area contributed by atoms with Crippen molar-refractivity contribution in [2.75, 3.05) is 0 Å². The van der Waals surface area contributed by atoms with E-state index in [-0.39, 0.29) is 6.10 Å². The van der Waals surface area contributed by atoms with Gasteiger partial charge >= 0.3 is 0 Å². The Balaban J connectivity index is 2.35. The first-order valence-corrected chi connectivity index (χ1v) is 2.88. The predicted octanol–water partition coefficient (Wildman–Crippen LogP) is 1.08. The highest BCUT2D eigenvalue weighted by atomic mass is 16.5. The molecule has 1 aliphatic rings. The zero-order valence-electron chi connectivity index (χ0n) is 4.92. The molecular weight excluding hydrogens is 102 g/mol. The Morgan fingerprint density at radius 2 is 2.38 bits per heavy atom. The van der Waals surface area contributed by atoms with Crippen LogP contribution in [0.3, 0.4) is 0 Å². The van der Waals surface area contributed by atoms with E-state index in [0.717, 1.165) is 12.8 Å². The molecule has 0 amide bonds. The fourth-order valence-electron chi connectivity index (χ4n) is 0.898. The lowest BCUT2D eigenvalue weighted by Crippen LogP contribution is -2.03. The van der Waals surface area contributed by atoms with E-state index >= 15 is 0 Å². The lowest BCUT2D eigenvalue weighted by Gasteiger charge is -1.99. The molecule has 0 aromatic carbocycles. The third-order valence-corrected chi connectivity index (χ3v) is 1.38. The molecular formula is C6H9NO. The number of nitriles is 1. The Morgan fingerprint density at radius 1 is 1.62 bits per heavy atom. The van der Waals surface area contributed by atoms with Crippen LogP contribution in [0.5, 0.6) is 0 Å². The lowest BCUT2D eigenvalue weighted by molar-refractivity contribution is 0.0874. The standard InChI is InChI=1S/C6H9NO/c1-5-2-3-6(4-7)8-5/h5-6H,2-3H2,1H3/t5-,6-/m1/s1. The summed E-state index contributed by atoms with van der Waals surface area (Å²) in [5, 5.41) is 8.31. The summed E-state index contributed by atoms with van der Waals surface area (Å²) in [5.41, 5.74) is 0. The van der Waals surface area contributed by atoms with Crippen molar-refractivity contribution in [3.05, 3.63) is 0 Å². The van der Waals surface area contributed by atoms with E-state index in [1.165, 1.54) is 0 Å². The maximum absolute atomic E-state index is 8.31. The Kier molecular flexibility index (Phi) is 1.50. The van der Waals surface area contributed by atoms with Crippen LogP contribution in [0.25, 0.3) is 0 Å². The van der Waals surface area contributed by atoms with Gasteiger partial charge in [0, 0.05) is 0 Å². The number of nitrogens with zero attached hydrogens (tertiary/aromatic N) is 1. The summed E-state index contributed by atoms with van der Waals surface area (Å²) in [7, 11) is 0. The summed E-state index contributed by atoms with van der Waals surface area (Å²) in [6, 6.07) is 2.07. The van der Waals surface area contributed by atoms with Crippen molar-refractivity contribution >= 4 is 0 Å². The van der Waals surface area contributed by atoms with Gasteiger partial charge in [0.15, 0.2) is 0 Å². The first-order valence-electron chi connectivity index (χ1n) is 2.88. The van der Waals surface area contributed by atoms with E-state index in [1.54, 1.807) is 0 Å². The van der Waals surface area contributed by atoms with E-state index in [2.05, 4.69) is 6.07 Å². The van der Waals surface area contributed by atoms with Crippen LogP contribution >= 0.6 is 0 Å². The minimum Gasteiger partial charge on any atom is -0.360 e. The molecule has 2 nitrogen and oxygen atoms in total. The fraction of sp³-hybridized carbons (Fsp3) is 0.833. The van der Waals surface area contributed by atoms with Crippen LogP contribution in [0.15, 0.2) is 0 Å². The van der Waals surface area contributed by atoms with Crippen molar-refractivity contribution < 1.29 is 4.74 Å². The third kappa shape index (κ3) is 0.988. The van der Waals surface area contributed by atoms with E-state index in [1.807, 2.05) is 6.92 Å². The van der Waals surface area contributed by atoms with E-state index in [9.17, 15) is 0 Å². The molecule has 1 rings (SSSR count). The second-order valence-corrected chi connectivity index (χ2v) is 2.14. The van der Waals surface area contributed by atoms with Gasteiger partial charge in [0.05, 0.1) is 12.2 Å². The largest absolute Gasteiger partial charge is 0.360 e. The van der Waals surface area contributed by atoms with Crippen LogP contribution in [-0.4, -0.2) is 12.2 Å². The second kappa shape index (κ2) is 2.15. The molecule has 1 aliphatic heterocycles. The summed E-state index contributed by atoms with van der Waals surface area (Å²) in [6.45, 7) is 2.00. The minimum atomic E-state index is -0.120. The molecule has 2 heteroatoms. The van der Waals surface area contributed by atoms with Gasteiger partial charge in [0.1, 0.15) is 6.10 Å². The van der Waals surface area contributed by atoms with Crippen LogP contribution in [0.1, 0.15) is 19.8 Å². The topological polar surface area (TPSA) is 33.0 Å². The highest BCUT2D eigenvalue weighted by Gasteiger charge is 2.20. The van der Waals surface area contributed by atoms with E-state index in [4.69, 9.17) is 10.00 Å². The molecule has 0 radical (unpaired) electrons. The van der Waals surface area contributed by atoms with Crippen LogP contribution in [0, 0.1) is 11.3 Å². The van der Waals surface area contributed by atoms with Crippen molar-refractivity contribution in [2.45, 2.75) is 32.0 Å². The van der Waals surface area contributed by atoms with E-state index in [0.29, 0.717) is 6.10 Å². The summed E-state index contributed by atoms with van der Waals surface area (Å²) in [6.07, 6.45) is 2.14. The van der Waals surface area contributed by atoms with Gasteiger partial charge in [-0.2, -0.15) is 5.26 Å². The van der Waals surface area contributed by atoms with Gasteiger partial charge in [0.25, 0.3) is 0 Å². The van der Waals surface area contributed by atoms with Gasteiger partial charge in [-0.3, -0.25) is 0 Å². The average Bonchev–Trinajstić information content (AvgIpc) is 2.14. The van der Waals surface area contributed by atoms with Gasteiger partial charge in [-0.1, -0.05) is 0 Å². The van der Waals surface area contributed by atoms with Crippen molar-refractivity contribution in [3.8, 4) is 6.07 Å². The fourth-order valence-corrected chi connectivity index (χ4v) is 0.898. The van der Waals surface area contributed by atoms with Crippen molar-refractivity contribution in [3.63, 3.8) is 0 Å². The van der Waals surface area contributed by atoms with Gasteiger partial charge in [-0.05, 0) is 19.8 Å². The van der Waals surface area contributed by atoms with Crippen LogP contribution in [-0.2, 0) is 4.74 Å². The molecule has 44 valence electrons. The van der Waals surface area contributed by atoms with Crippen LogP contribution < -0.4 is 0 Å². The molecule has 1 fully saturated rings. The van der Waals surface area contributed by atoms with Crippen molar-refractivity contribution in [1.82, 2.24) is 0 Å². The van der Waals surface area contributed by atoms with Crippen LogP contribution in [0.2, 0.25) is 0 Å². The maximum atomic E-state index is 8.31. The number of hydrogen-bond acceptors (Lipinski definition) is 2. The zero-order valence-corrected chi connectivity index (χ0v) is 4.92. The SMILES string of the molecule is C[C@@H]1CC[C@H](C#N)O1. The molecule has 0 bridgehead atoms. The Labute approximate surface area is 49.1 Å². The number of hydrogen-bond donors (Lipinski definition) is 0. The lowest BCUT2D eigenvalue weighted by atomic mass is 10.2. The predicted molar refractivity (Wildman–Crippen MR) is 29.2 cm³/mol. The summed E-state index contributed by atoms with van der Waals surface area (Å²) in [5.74, 6) is 0. The molecule has 0 spiro atoms. The summed E-state index contributed by atoms with van der Waals surface area (Å²) < 4.78 is 5.15. The van der Waals surface area contributed by atoms with Gasteiger partial charge < -0.3 is 4.74 Å².